The molecule has 0 fully saturated rings. The van der Waals surface area contributed by atoms with Gasteiger partial charge in [0.05, 0.1) is 7.11 Å². The van der Waals surface area contributed by atoms with Crippen molar-refractivity contribution in [3.8, 4) is 5.75 Å². The molecule has 0 atom stereocenters. The highest BCUT2D eigenvalue weighted by atomic mass is 19.1. The molecule has 0 amide bonds. The first-order chi connectivity index (χ1) is 9.10. The lowest BCUT2D eigenvalue weighted by Gasteiger charge is -2.11. The molecule has 2 nitrogen and oxygen atoms in total. The molecule has 2 rings (SSSR count). The van der Waals surface area contributed by atoms with Gasteiger partial charge < -0.3 is 10.1 Å². The minimum absolute atomic E-state index is 0.210. The SMILES string of the molecule is C=C(Nc1cccc(OC)c1)c1ccc(F)c(C)c1. The summed E-state index contributed by atoms with van der Waals surface area (Å²) in [5, 5.41) is 3.18. The van der Waals surface area contributed by atoms with Crippen LogP contribution >= 0.6 is 0 Å². The Labute approximate surface area is 112 Å². The minimum Gasteiger partial charge on any atom is -0.497 e. The molecule has 0 radical (unpaired) electrons. The van der Waals surface area contributed by atoms with Crippen molar-refractivity contribution in [2.24, 2.45) is 0 Å². The summed E-state index contributed by atoms with van der Waals surface area (Å²) in [7, 11) is 1.62. The molecule has 0 aliphatic rings. The highest BCUT2D eigenvalue weighted by Gasteiger charge is 2.03. The van der Waals surface area contributed by atoms with Crippen LogP contribution in [0.15, 0.2) is 49.0 Å². The predicted molar refractivity (Wildman–Crippen MR) is 76.8 cm³/mol. The number of benzene rings is 2. The first-order valence-corrected chi connectivity index (χ1v) is 5.96. The molecule has 0 aromatic heterocycles. The van der Waals surface area contributed by atoms with Crippen LogP contribution < -0.4 is 10.1 Å². The number of nitrogens with one attached hydrogen (secondary N) is 1. The van der Waals surface area contributed by atoms with Gasteiger partial charge in [-0.3, -0.25) is 0 Å². The molecule has 0 aliphatic carbocycles. The lowest BCUT2D eigenvalue weighted by Crippen LogP contribution is -1.98. The fraction of sp³-hybridized carbons (Fsp3) is 0.125. The summed E-state index contributed by atoms with van der Waals surface area (Å²) in [6.45, 7) is 5.71. The normalized spacial score (nSPS) is 10.1. The predicted octanol–water partition coefficient (Wildman–Crippen LogP) is 4.23. The molecule has 2 aromatic carbocycles. The highest BCUT2D eigenvalue weighted by molar-refractivity contribution is 5.75. The third-order valence-corrected chi connectivity index (χ3v) is 2.87. The second-order valence-electron chi connectivity index (χ2n) is 4.30. The van der Waals surface area contributed by atoms with Gasteiger partial charge in [-0.1, -0.05) is 12.6 Å². The maximum atomic E-state index is 13.2. The third kappa shape index (κ3) is 3.13. The monoisotopic (exact) mass is 257 g/mol. The Hall–Kier alpha value is -2.29. The second kappa shape index (κ2) is 5.57. The van der Waals surface area contributed by atoms with Crippen LogP contribution in [0.5, 0.6) is 5.75 Å². The van der Waals surface area contributed by atoms with E-state index in [1.807, 2.05) is 24.3 Å². The van der Waals surface area contributed by atoms with Crippen LogP contribution in [0.25, 0.3) is 5.70 Å². The second-order valence-corrected chi connectivity index (χ2v) is 4.30. The van der Waals surface area contributed by atoms with Gasteiger partial charge in [0.2, 0.25) is 0 Å². The molecule has 0 heterocycles. The standard InChI is InChI=1S/C16H16FNO/c1-11-9-13(7-8-16(11)17)12(2)18-14-5-4-6-15(10-14)19-3/h4-10,18H,2H2,1,3H3. The number of hydrogen-bond acceptors (Lipinski definition) is 2. The number of aryl methyl sites for hydroxylation is 1. The van der Waals surface area contributed by atoms with E-state index in [0.717, 1.165) is 22.7 Å². The Morgan fingerprint density at radius 3 is 2.68 bits per heavy atom. The average molecular weight is 257 g/mol. The van der Waals surface area contributed by atoms with Crippen LogP contribution in [0.4, 0.5) is 10.1 Å². The quantitative estimate of drug-likeness (QED) is 0.885. The van der Waals surface area contributed by atoms with Crippen molar-refractivity contribution in [3.05, 3.63) is 66.0 Å². The Balaban J connectivity index is 2.18. The van der Waals surface area contributed by atoms with Gasteiger partial charge in [0, 0.05) is 17.5 Å². The molecule has 19 heavy (non-hydrogen) atoms. The zero-order valence-electron chi connectivity index (χ0n) is 11.0. The Morgan fingerprint density at radius 2 is 2.00 bits per heavy atom. The van der Waals surface area contributed by atoms with Crippen LogP contribution in [0.3, 0.4) is 0 Å². The summed E-state index contributed by atoms with van der Waals surface area (Å²) in [6.07, 6.45) is 0. The molecule has 2 aromatic rings. The molecule has 0 bridgehead atoms. The minimum atomic E-state index is -0.210. The van der Waals surface area contributed by atoms with Crippen molar-refractivity contribution in [1.29, 1.82) is 0 Å². The zero-order valence-corrected chi connectivity index (χ0v) is 11.0. The van der Waals surface area contributed by atoms with Crippen LogP contribution in [0.2, 0.25) is 0 Å². The molecule has 3 heteroatoms. The summed E-state index contributed by atoms with van der Waals surface area (Å²) < 4.78 is 18.4. The van der Waals surface area contributed by atoms with Gasteiger partial charge in [-0.15, -0.1) is 0 Å². The number of methoxy groups -OCH3 is 1. The topological polar surface area (TPSA) is 21.3 Å². The number of halogens is 1. The van der Waals surface area contributed by atoms with E-state index in [-0.39, 0.29) is 5.82 Å². The van der Waals surface area contributed by atoms with Gasteiger partial charge in [-0.2, -0.15) is 0 Å². The third-order valence-electron chi connectivity index (χ3n) is 2.87. The van der Waals surface area contributed by atoms with Crippen LogP contribution in [-0.2, 0) is 0 Å². The number of anilines is 1. The molecule has 0 saturated heterocycles. The first-order valence-electron chi connectivity index (χ1n) is 5.96. The molecular formula is C16H16FNO. The van der Waals surface area contributed by atoms with Crippen LogP contribution in [-0.4, -0.2) is 7.11 Å². The van der Waals surface area contributed by atoms with Crippen LogP contribution in [0, 0.1) is 12.7 Å². The lowest BCUT2D eigenvalue weighted by atomic mass is 10.1. The van der Waals surface area contributed by atoms with E-state index in [2.05, 4.69) is 11.9 Å². The molecule has 0 saturated carbocycles. The number of rotatable bonds is 4. The summed E-state index contributed by atoms with van der Waals surface area (Å²) in [5.41, 5.74) is 3.07. The van der Waals surface area contributed by atoms with E-state index >= 15 is 0 Å². The summed E-state index contributed by atoms with van der Waals surface area (Å²) in [6, 6.07) is 12.5. The largest absolute Gasteiger partial charge is 0.497 e. The van der Waals surface area contributed by atoms with Crippen molar-refractivity contribution in [2.45, 2.75) is 6.92 Å². The Bertz CT molecular complexity index is 607. The number of hydrogen-bond donors (Lipinski definition) is 1. The van der Waals surface area contributed by atoms with E-state index in [4.69, 9.17) is 4.74 Å². The van der Waals surface area contributed by atoms with Crippen molar-refractivity contribution in [2.75, 3.05) is 12.4 Å². The maximum absolute atomic E-state index is 13.2. The molecule has 0 unspecified atom stereocenters. The number of ether oxygens (including phenoxy) is 1. The fourth-order valence-electron chi connectivity index (χ4n) is 1.78. The van der Waals surface area contributed by atoms with Crippen molar-refractivity contribution in [1.82, 2.24) is 0 Å². The van der Waals surface area contributed by atoms with Crippen molar-refractivity contribution >= 4 is 11.4 Å². The lowest BCUT2D eigenvalue weighted by molar-refractivity contribution is 0.415. The van der Waals surface area contributed by atoms with Crippen molar-refractivity contribution in [3.63, 3.8) is 0 Å². The van der Waals surface area contributed by atoms with E-state index in [9.17, 15) is 4.39 Å². The molecule has 1 N–H and O–H groups in total. The smallest absolute Gasteiger partial charge is 0.126 e. The van der Waals surface area contributed by atoms with Gasteiger partial charge in [-0.25, -0.2) is 4.39 Å². The molecule has 98 valence electrons. The van der Waals surface area contributed by atoms with E-state index in [1.165, 1.54) is 6.07 Å². The fourth-order valence-corrected chi connectivity index (χ4v) is 1.78. The van der Waals surface area contributed by atoms with Gasteiger partial charge in [0.1, 0.15) is 11.6 Å². The summed E-state index contributed by atoms with van der Waals surface area (Å²) >= 11 is 0. The van der Waals surface area contributed by atoms with E-state index in [0.29, 0.717) is 5.56 Å². The molecule has 0 spiro atoms. The Morgan fingerprint density at radius 1 is 1.21 bits per heavy atom. The van der Waals surface area contributed by atoms with Gasteiger partial charge in [-0.05, 0) is 48.4 Å². The van der Waals surface area contributed by atoms with E-state index < -0.39 is 0 Å². The van der Waals surface area contributed by atoms with E-state index in [1.54, 1.807) is 26.2 Å². The van der Waals surface area contributed by atoms with Crippen molar-refractivity contribution < 1.29 is 9.13 Å². The summed E-state index contributed by atoms with van der Waals surface area (Å²) in [5.74, 6) is 0.561. The van der Waals surface area contributed by atoms with Gasteiger partial charge in [0.15, 0.2) is 0 Å². The maximum Gasteiger partial charge on any atom is 0.126 e. The van der Waals surface area contributed by atoms with Gasteiger partial charge in [0.25, 0.3) is 0 Å². The average Bonchev–Trinajstić information content (AvgIpc) is 2.42. The van der Waals surface area contributed by atoms with Gasteiger partial charge >= 0.3 is 0 Å². The Kier molecular flexibility index (Phi) is 3.85. The zero-order chi connectivity index (χ0) is 13.8. The molecule has 0 aliphatic heterocycles. The highest BCUT2D eigenvalue weighted by Crippen LogP contribution is 2.22. The van der Waals surface area contributed by atoms with Crippen LogP contribution in [0.1, 0.15) is 11.1 Å². The molecular weight excluding hydrogens is 241 g/mol. The first kappa shape index (κ1) is 13.1. The summed E-state index contributed by atoms with van der Waals surface area (Å²) in [4.78, 5) is 0.